The van der Waals surface area contributed by atoms with Crippen molar-refractivity contribution >= 4 is 29.5 Å². The first-order chi connectivity index (χ1) is 16.5. The number of nitrogens with zero attached hydrogens (tertiary/aromatic N) is 3. The Labute approximate surface area is 209 Å². The second-order valence-electron chi connectivity index (χ2n) is 9.78. The van der Waals surface area contributed by atoms with Crippen molar-refractivity contribution < 1.29 is 29.3 Å². The van der Waals surface area contributed by atoms with Crippen LogP contribution in [0.5, 0.6) is 5.75 Å². The number of carboxylic acids is 1. The van der Waals surface area contributed by atoms with Crippen molar-refractivity contribution in [1.82, 2.24) is 14.7 Å². The van der Waals surface area contributed by atoms with Crippen molar-refractivity contribution in [3.63, 3.8) is 0 Å². The average Bonchev–Trinajstić information content (AvgIpc) is 3.30. The predicted molar refractivity (Wildman–Crippen MR) is 132 cm³/mol. The molecule has 2 N–H and O–H groups in total. The minimum atomic E-state index is -1.13. The monoisotopic (exact) mass is 503 g/mol. The van der Waals surface area contributed by atoms with Crippen LogP contribution in [0.1, 0.15) is 25.8 Å². The van der Waals surface area contributed by atoms with E-state index in [9.17, 15) is 24.6 Å². The molecule has 10 heteroatoms. The fourth-order valence-corrected chi connectivity index (χ4v) is 7.10. The molecular weight excluding hydrogens is 470 g/mol. The first kappa shape index (κ1) is 25.5. The number of rotatable bonds is 8. The highest BCUT2D eigenvalue weighted by Gasteiger charge is 2.60. The zero-order chi connectivity index (χ0) is 25.6. The highest BCUT2D eigenvalue weighted by molar-refractivity contribution is 8.03. The van der Waals surface area contributed by atoms with Gasteiger partial charge in [0.15, 0.2) is 0 Å². The SMILES string of the molecule is COc1cccc(CN2CC(SC3=C(C(=O)O)N4C(=O)C(C(C)O)C4C3C)CC2C(=O)N(C)C)c1. The Bertz CT molecular complexity index is 1060. The molecule has 0 radical (unpaired) electrons. The fraction of sp³-hybridized carbons (Fsp3) is 0.560. The van der Waals surface area contributed by atoms with Crippen LogP contribution in [-0.2, 0) is 20.9 Å². The van der Waals surface area contributed by atoms with Crippen molar-refractivity contribution in [3.8, 4) is 5.75 Å². The van der Waals surface area contributed by atoms with Crippen LogP contribution in [-0.4, -0.2) is 93.9 Å². The first-order valence-corrected chi connectivity index (χ1v) is 12.7. The maximum absolute atomic E-state index is 13.0. The minimum absolute atomic E-state index is 0.0103. The van der Waals surface area contributed by atoms with E-state index in [4.69, 9.17) is 4.74 Å². The summed E-state index contributed by atoms with van der Waals surface area (Å²) in [4.78, 5) is 43.6. The summed E-state index contributed by atoms with van der Waals surface area (Å²) in [6, 6.07) is 7.07. The quantitative estimate of drug-likeness (QED) is 0.515. The van der Waals surface area contributed by atoms with Gasteiger partial charge in [0.2, 0.25) is 11.8 Å². The van der Waals surface area contributed by atoms with Crippen LogP contribution in [0, 0.1) is 11.8 Å². The number of carboxylic acid groups (broad SMARTS) is 1. The van der Waals surface area contributed by atoms with Crippen molar-refractivity contribution in [2.75, 3.05) is 27.7 Å². The van der Waals surface area contributed by atoms with Gasteiger partial charge in [-0.25, -0.2) is 4.79 Å². The number of methoxy groups -OCH3 is 1. The van der Waals surface area contributed by atoms with Gasteiger partial charge in [0.1, 0.15) is 11.4 Å². The molecule has 0 spiro atoms. The lowest BCUT2D eigenvalue weighted by molar-refractivity contribution is -0.163. The van der Waals surface area contributed by atoms with Crippen molar-refractivity contribution in [3.05, 3.63) is 40.4 Å². The number of likely N-dealkylation sites (tertiary alicyclic amines) is 1. The number of likely N-dealkylation sites (N-methyl/N-ethyl adjacent to an activating group) is 1. The molecule has 9 nitrogen and oxygen atoms in total. The highest BCUT2D eigenvalue weighted by atomic mass is 32.2. The Morgan fingerprint density at radius 2 is 2.03 bits per heavy atom. The molecule has 0 bridgehead atoms. The summed E-state index contributed by atoms with van der Waals surface area (Å²) in [6.45, 7) is 4.66. The largest absolute Gasteiger partial charge is 0.497 e. The molecule has 6 unspecified atom stereocenters. The van der Waals surface area contributed by atoms with Gasteiger partial charge >= 0.3 is 5.97 Å². The number of hydrogen-bond donors (Lipinski definition) is 2. The van der Waals surface area contributed by atoms with Crippen molar-refractivity contribution in [1.29, 1.82) is 0 Å². The number of β-lactam (4-membered cyclic amide) rings is 1. The van der Waals surface area contributed by atoms with E-state index >= 15 is 0 Å². The maximum Gasteiger partial charge on any atom is 0.353 e. The lowest BCUT2D eigenvalue weighted by Crippen LogP contribution is -2.63. The van der Waals surface area contributed by atoms with E-state index in [1.807, 2.05) is 31.2 Å². The lowest BCUT2D eigenvalue weighted by Gasteiger charge is -2.46. The number of benzene rings is 1. The number of hydrogen-bond acceptors (Lipinski definition) is 7. The molecular formula is C25H33N3O6S. The summed E-state index contributed by atoms with van der Waals surface area (Å²) in [5.74, 6) is -1.49. The Hall–Kier alpha value is -2.56. The molecule has 3 aliphatic heterocycles. The van der Waals surface area contributed by atoms with Gasteiger partial charge < -0.3 is 24.7 Å². The molecule has 190 valence electrons. The zero-order valence-electron chi connectivity index (χ0n) is 20.7. The Morgan fingerprint density at radius 3 is 2.63 bits per heavy atom. The van der Waals surface area contributed by atoms with E-state index in [1.54, 1.807) is 33.0 Å². The van der Waals surface area contributed by atoms with Crippen LogP contribution in [0.25, 0.3) is 0 Å². The number of ether oxygens (including phenoxy) is 1. The van der Waals surface area contributed by atoms with Crippen LogP contribution >= 0.6 is 11.8 Å². The van der Waals surface area contributed by atoms with Gasteiger partial charge in [0.25, 0.3) is 0 Å². The molecule has 2 amide bonds. The number of thioether (sulfide) groups is 1. The summed E-state index contributed by atoms with van der Waals surface area (Å²) in [6.07, 6.45) is -0.259. The van der Waals surface area contributed by atoms with Crippen molar-refractivity contribution in [2.45, 2.75) is 50.3 Å². The third kappa shape index (κ3) is 4.54. The van der Waals surface area contributed by atoms with Crippen LogP contribution in [0.15, 0.2) is 34.9 Å². The van der Waals surface area contributed by atoms with Gasteiger partial charge in [-0.2, -0.15) is 0 Å². The first-order valence-electron chi connectivity index (χ1n) is 11.8. The lowest BCUT2D eigenvalue weighted by atomic mass is 9.79. The van der Waals surface area contributed by atoms with Gasteiger partial charge in [-0.3, -0.25) is 14.5 Å². The molecule has 1 aromatic rings. The number of amides is 2. The summed E-state index contributed by atoms with van der Waals surface area (Å²) in [7, 11) is 5.10. The summed E-state index contributed by atoms with van der Waals surface area (Å²) >= 11 is 1.46. The Morgan fingerprint density at radius 1 is 1.31 bits per heavy atom. The van der Waals surface area contributed by atoms with Gasteiger partial charge in [-0.1, -0.05) is 19.1 Å². The highest BCUT2D eigenvalue weighted by Crippen LogP contribution is 2.52. The molecule has 3 heterocycles. The predicted octanol–water partition coefficient (Wildman–Crippen LogP) is 1.61. The second kappa shape index (κ2) is 9.83. The van der Waals surface area contributed by atoms with Crippen LogP contribution in [0.2, 0.25) is 0 Å². The third-order valence-corrected chi connectivity index (χ3v) is 8.71. The summed E-state index contributed by atoms with van der Waals surface area (Å²) in [5, 5.41) is 20.0. The molecule has 0 saturated carbocycles. The topological polar surface area (TPSA) is 111 Å². The smallest absolute Gasteiger partial charge is 0.353 e. The van der Waals surface area contributed by atoms with E-state index in [-0.39, 0.29) is 40.8 Å². The van der Waals surface area contributed by atoms with E-state index in [2.05, 4.69) is 4.90 Å². The molecule has 4 rings (SSSR count). The van der Waals surface area contributed by atoms with Crippen molar-refractivity contribution in [2.24, 2.45) is 11.8 Å². The molecule has 1 aromatic carbocycles. The standard InChI is InChI=1S/C25H33N3O6S/c1-13-20-19(14(2)29)24(31)28(20)21(25(32)33)22(13)35-17-10-18(23(30)26(3)4)27(12-17)11-15-7-6-8-16(9-15)34-5/h6-9,13-14,17-20,29H,10-12H2,1-5H3,(H,32,33). The van der Waals surface area contributed by atoms with E-state index in [0.29, 0.717) is 24.4 Å². The summed E-state index contributed by atoms with van der Waals surface area (Å²) in [5.41, 5.74) is 1.05. The van der Waals surface area contributed by atoms with Gasteiger partial charge in [-0.05, 0) is 31.0 Å². The molecule has 35 heavy (non-hydrogen) atoms. The van der Waals surface area contributed by atoms with E-state index < -0.39 is 18.0 Å². The Balaban J connectivity index is 1.57. The number of fused-ring (bicyclic) bond motifs is 1. The number of aliphatic hydroxyl groups is 1. The minimum Gasteiger partial charge on any atom is -0.497 e. The fourth-order valence-electron chi connectivity index (χ4n) is 5.54. The number of carbonyl (C=O) groups is 3. The van der Waals surface area contributed by atoms with E-state index in [0.717, 1.165) is 11.3 Å². The third-order valence-electron chi connectivity index (χ3n) is 7.22. The zero-order valence-corrected chi connectivity index (χ0v) is 21.5. The molecule has 2 saturated heterocycles. The van der Waals surface area contributed by atoms with Crippen LogP contribution < -0.4 is 4.74 Å². The number of carbonyl (C=O) groups excluding carboxylic acids is 2. The molecule has 2 fully saturated rings. The van der Waals surface area contributed by atoms with Crippen LogP contribution in [0.3, 0.4) is 0 Å². The van der Waals surface area contributed by atoms with Crippen LogP contribution in [0.4, 0.5) is 0 Å². The average molecular weight is 504 g/mol. The molecule has 6 atom stereocenters. The number of aliphatic carboxylic acids is 1. The van der Waals surface area contributed by atoms with E-state index in [1.165, 1.54) is 16.7 Å². The Kier molecular flexibility index (Phi) is 7.17. The molecule has 0 aromatic heterocycles. The summed E-state index contributed by atoms with van der Waals surface area (Å²) < 4.78 is 5.34. The van der Waals surface area contributed by atoms with Gasteiger partial charge in [0.05, 0.1) is 31.2 Å². The van der Waals surface area contributed by atoms with Gasteiger partial charge in [-0.15, -0.1) is 11.8 Å². The molecule has 0 aliphatic carbocycles. The second-order valence-corrected chi connectivity index (χ2v) is 11.1. The number of aliphatic hydroxyl groups excluding tert-OH is 1. The normalized spacial score (nSPS) is 29.1. The maximum atomic E-state index is 13.0. The molecule has 3 aliphatic rings. The van der Waals surface area contributed by atoms with Gasteiger partial charge in [0, 0.05) is 43.3 Å².